The fourth-order valence-corrected chi connectivity index (χ4v) is 3.52. The maximum absolute atomic E-state index is 13.6. The fourth-order valence-electron chi connectivity index (χ4n) is 3.52. The molecule has 0 heterocycles. The molecule has 25 heavy (non-hydrogen) atoms. The number of ether oxygens (including phenoxy) is 1. The van der Waals surface area contributed by atoms with Crippen LogP contribution < -0.4 is 0 Å². The van der Waals surface area contributed by atoms with E-state index in [9.17, 15) is 9.18 Å². The van der Waals surface area contributed by atoms with Gasteiger partial charge in [-0.3, -0.25) is 0 Å². The van der Waals surface area contributed by atoms with Gasteiger partial charge < -0.3 is 4.74 Å². The monoisotopic (exact) mass is 339 g/mol. The SMILES string of the molecule is CC1CCC(c2ccc(C(=O)OC3=CC(F)=C(C#N)CC3)cc2)CC1. The van der Waals surface area contributed by atoms with Crippen LogP contribution >= 0.6 is 0 Å². The number of nitrogens with zero attached hydrogens (tertiary/aromatic N) is 1. The van der Waals surface area contributed by atoms with Crippen LogP contribution in [0.5, 0.6) is 0 Å². The van der Waals surface area contributed by atoms with E-state index in [4.69, 9.17) is 10.00 Å². The summed E-state index contributed by atoms with van der Waals surface area (Å²) in [6.07, 6.45) is 6.67. The van der Waals surface area contributed by atoms with Crippen LogP contribution in [0.3, 0.4) is 0 Å². The summed E-state index contributed by atoms with van der Waals surface area (Å²) < 4.78 is 18.9. The van der Waals surface area contributed by atoms with Crippen LogP contribution in [0, 0.1) is 17.2 Å². The molecule has 2 aliphatic rings. The molecule has 1 saturated carbocycles. The number of allylic oxidation sites excluding steroid dienone is 4. The standard InChI is InChI=1S/C21H22FNO2/c1-14-2-4-15(5-3-14)16-6-8-17(9-7-16)21(24)25-19-11-10-18(13-23)20(22)12-19/h6-9,12,14-15H,2-5,10-11H2,1H3. The molecule has 1 aromatic rings. The summed E-state index contributed by atoms with van der Waals surface area (Å²) in [5.74, 6) is 0.560. The van der Waals surface area contributed by atoms with Crippen LogP contribution in [0.15, 0.2) is 47.5 Å². The Bertz CT molecular complexity index is 747. The van der Waals surface area contributed by atoms with Gasteiger partial charge in [-0.05, 0) is 48.8 Å². The Kier molecular flexibility index (Phi) is 5.33. The molecule has 0 saturated heterocycles. The van der Waals surface area contributed by atoms with Crippen molar-refractivity contribution < 1.29 is 13.9 Å². The van der Waals surface area contributed by atoms with Gasteiger partial charge in [0.15, 0.2) is 0 Å². The molecule has 0 aliphatic heterocycles. The second kappa shape index (κ2) is 7.65. The lowest BCUT2D eigenvalue weighted by Gasteiger charge is -2.26. The van der Waals surface area contributed by atoms with Gasteiger partial charge >= 0.3 is 5.97 Å². The number of hydrogen-bond acceptors (Lipinski definition) is 3. The molecule has 1 aromatic carbocycles. The summed E-state index contributed by atoms with van der Waals surface area (Å²) in [7, 11) is 0. The van der Waals surface area contributed by atoms with Crippen molar-refractivity contribution in [3.8, 4) is 6.07 Å². The summed E-state index contributed by atoms with van der Waals surface area (Å²) in [5.41, 5.74) is 1.84. The van der Waals surface area contributed by atoms with Gasteiger partial charge in [0.1, 0.15) is 11.6 Å². The van der Waals surface area contributed by atoms with Crippen molar-refractivity contribution in [2.75, 3.05) is 0 Å². The Hall–Kier alpha value is -2.41. The first-order valence-corrected chi connectivity index (χ1v) is 8.88. The van der Waals surface area contributed by atoms with Crippen molar-refractivity contribution in [3.05, 3.63) is 58.6 Å². The first kappa shape index (κ1) is 17.4. The van der Waals surface area contributed by atoms with E-state index in [-0.39, 0.29) is 17.8 Å². The van der Waals surface area contributed by atoms with E-state index in [1.165, 1.54) is 31.2 Å². The summed E-state index contributed by atoms with van der Waals surface area (Å²) >= 11 is 0. The van der Waals surface area contributed by atoms with E-state index in [1.54, 1.807) is 12.1 Å². The Morgan fingerprint density at radius 3 is 2.44 bits per heavy atom. The number of halogens is 1. The van der Waals surface area contributed by atoms with E-state index in [0.717, 1.165) is 12.0 Å². The lowest BCUT2D eigenvalue weighted by atomic mass is 9.79. The molecule has 3 nitrogen and oxygen atoms in total. The van der Waals surface area contributed by atoms with Crippen molar-refractivity contribution in [2.24, 2.45) is 5.92 Å². The van der Waals surface area contributed by atoms with Crippen molar-refractivity contribution in [1.29, 1.82) is 5.26 Å². The molecule has 3 rings (SSSR count). The molecule has 0 spiro atoms. The van der Waals surface area contributed by atoms with E-state index >= 15 is 0 Å². The highest BCUT2D eigenvalue weighted by Gasteiger charge is 2.21. The molecule has 0 unspecified atom stereocenters. The van der Waals surface area contributed by atoms with Crippen LogP contribution in [0.2, 0.25) is 0 Å². The van der Waals surface area contributed by atoms with E-state index in [2.05, 4.69) is 6.92 Å². The van der Waals surface area contributed by atoms with Crippen LogP contribution in [-0.4, -0.2) is 5.97 Å². The van der Waals surface area contributed by atoms with Gasteiger partial charge in [-0.1, -0.05) is 31.9 Å². The first-order valence-electron chi connectivity index (χ1n) is 8.88. The van der Waals surface area contributed by atoms with Crippen molar-refractivity contribution in [3.63, 3.8) is 0 Å². The second-order valence-corrected chi connectivity index (χ2v) is 7.02. The smallest absolute Gasteiger partial charge is 0.343 e. The lowest BCUT2D eigenvalue weighted by molar-refractivity contribution is 0.0612. The lowest BCUT2D eigenvalue weighted by Crippen LogP contribution is -2.11. The largest absolute Gasteiger partial charge is 0.427 e. The van der Waals surface area contributed by atoms with E-state index in [0.29, 0.717) is 17.9 Å². The van der Waals surface area contributed by atoms with Gasteiger partial charge in [0.25, 0.3) is 0 Å². The minimum absolute atomic E-state index is 0.103. The quantitative estimate of drug-likeness (QED) is 0.677. The Labute approximate surface area is 147 Å². The van der Waals surface area contributed by atoms with Gasteiger partial charge in [-0.15, -0.1) is 0 Å². The van der Waals surface area contributed by atoms with Crippen molar-refractivity contribution in [2.45, 2.75) is 51.4 Å². The third-order valence-electron chi connectivity index (χ3n) is 5.19. The van der Waals surface area contributed by atoms with E-state index in [1.807, 2.05) is 18.2 Å². The third kappa shape index (κ3) is 4.17. The number of nitriles is 1. The molecule has 4 heteroatoms. The molecule has 0 radical (unpaired) electrons. The summed E-state index contributed by atoms with van der Waals surface area (Å²) in [4.78, 5) is 12.2. The maximum Gasteiger partial charge on any atom is 0.343 e. The van der Waals surface area contributed by atoms with Gasteiger partial charge in [0.2, 0.25) is 0 Å². The zero-order chi connectivity index (χ0) is 17.8. The molecule has 0 amide bonds. The molecular formula is C21H22FNO2. The average Bonchev–Trinajstić information content (AvgIpc) is 2.63. The molecule has 1 fully saturated rings. The summed E-state index contributed by atoms with van der Waals surface area (Å²) in [6, 6.07) is 9.39. The highest BCUT2D eigenvalue weighted by molar-refractivity contribution is 5.90. The van der Waals surface area contributed by atoms with Crippen LogP contribution in [0.1, 0.15) is 67.3 Å². The molecule has 0 N–H and O–H groups in total. The Balaban J connectivity index is 1.64. The van der Waals surface area contributed by atoms with Gasteiger partial charge in [0.05, 0.1) is 17.2 Å². The number of rotatable bonds is 3. The minimum Gasteiger partial charge on any atom is -0.427 e. The number of esters is 1. The molecular weight excluding hydrogens is 317 g/mol. The number of carbonyl (C=O) groups is 1. The third-order valence-corrected chi connectivity index (χ3v) is 5.19. The van der Waals surface area contributed by atoms with Crippen molar-refractivity contribution in [1.82, 2.24) is 0 Å². The number of carbonyl (C=O) groups excluding carboxylic acids is 1. The molecule has 0 bridgehead atoms. The van der Waals surface area contributed by atoms with Crippen molar-refractivity contribution >= 4 is 5.97 Å². The minimum atomic E-state index is -0.613. The van der Waals surface area contributed by atoms with Gasteiger partial charge in [-0.2, -0.15) is 5.26 Å². The number of benzene rings is 1. The molecule has 0 aromatic heterocycles. The average molecular weight is 339 g/mol. The molecule has 2 aliphatic carbocycles. The normalized spacial score (nSPS) is 23.6. The second-order valence-electron chi connectivity index (χ2n) is 7.02. The molecule has 0 atom stereocenters. The van der Waals surface area contributed by atoms with Gasteiger partial charge in [-0.25, -0.2) is 9.18 Å². The highest BCUT2D eigenvalue weighted by atomic mass is 19.1. The van der Waals surface area contributed by atoms with Crippen LogP contribution in [-0.2, 0) is 4.74 Å². The Morgan fingerprint density at radius 1 is 1.16 bits per heavy atom. The molecule has 130 valence electrons. The predicted octanol–water partition coefficient (Wildman–Crippen LogP) is 5.56. The highest BCUT2D eigenvalue weighted by Crippen LogP contribution is 2.35. The number of hydrogen-bond donors (Lipinski definition) is 0. The zero-order valence-corrected chi connectivity index (χ0v) is 14.4. The summed E-state index contributed by atoms with van der Waals surface area (Å²) in [6.45, 7) is 2.30. The Morgan fingerprint density at radius 2 is 1.84 bits per heavy atom. The van der Waals surface area contributed by atoms with Crippen LogP contribution in [0.4, 0.5) is 4.39 Å². The zero-order valence-electron chi connectivity index (χ0n) is 14.4. The fraction of sp³-hybridized carbons (Fsp3) is 0.429. The summed E-state index contributed by atoms with van der Waals surface area (Å²) in [5, 5.41) is 8.77. The first-order chi connectivity index (χ1) is 12.1. The maximum atomic E-state index is 13.6. The van der Waals surface area contributed by atoms with Gasteiger partial charge in [0, 0.05) is 12.5 Å². The van der Waals surface area contributed by atoms with Crippen LogP contribution in [0.25, 0.3) is 0 Å². The topological polar surface area (TPSA) is 50.1 Å². The predicted molar refractivity (Wildman–Crippen MR) is 93.3 cm³/mol. The van der Waals surface area contributed by atoms with E-state index < -0.39 is 11.8 Å².